The van der Waals surface area contributed by atoms with Crippen LogP contribution in [0.4, 0.5) is 0 Å². The first-order chi connectivity index (χ1) is 7.11. The van der Waals surface area contributed by atoms with E-state index in [1.165, 1.54) is 12.0 Å². The summed E-state index contributed by atoms with van der Waals surface area (Å²) in [5.74, 6) is 1.04. The number of benzene rings is 1. The van der Waals surface area contributed by atoms with Crippen LogP contribution in [0.1, 0.15) is 25.8 Å². The number of hydrogen-bond acceptors (Lipinski definition) is 2. The van der Waals surface area contributed by atoms with Crippen molar-refractivity contribution in [2.45, 2.75) is 32.7 Å². The maximum absolute atomic E-state index is 9.18. The molecular formula is C13H21NO. The highest BCUT2D eigenvalue weighted by molar-refractivity contribution is 5.26. The second-order valence-electron chi connectivity index (χ2n) is 4.49. The highest BCUT2D eigenvalue weighted by Crippen LogP contribution is 2.14. The summed E-state index contributed by atoms with van der Waals surface area (Å²) in [6, 6.07) is 7.99. The summed E-state index contributed by atoms with van der Waals surface area (Å²) in [5.41, 5.74) is 1.27. The highest BCUT2D eigenvalue weighted by Gasteiger charge is 2.09. The third-order valence-corrected chi connectivity index (χ3v) is 2.58. The molecule has 1 rings (SSSR count). The maximum Gasteiger partial charge on any atom is 0.115 e. The highest BCUT2D eigenvalue weighted by atomic mass is 16.3. The first kappa shape index (κ1) is 12.1. The van der Waals surface area contributed by atoms with E-state index in [9.17, 15) is 5.11 Å². The molecule has 2 nitrogen and oxygen atoms in total. The minimum atomic E-state index is 0.337. The predicted molar refractivity (Wildman–Crippen MR) is 64.1 cm³/mol. The van der Waals surface area contributed by atoms with Gasteiger partial charge in [0.1, 0.15) is 5.75 Å². The van der Waals surface area contributed by atoms with E-state index in [1.807, 2.05) is 19.2 Å². The Balaban J connectivity index is 2.54. The summed E-state index contributed by atoms with van der Waals surface area (Å²) in [6.45, 7) is 4.47. The average Bonchev–Trinajstić information content (AvgIpc) is 2.19. The summed E-state index contributed by atoms with van der Waals surface area (Å²) in [6.07, 6.45) is 2.20. The van der Waals surface area contributed by atoms with Crippen molar-refractivity contribution in [1.82, 2.24) is 5.32 Å². The fourth-order valence-electron chi connectivity index (χ4n) is 1.79. The van der Waals surface area contributed by atoms with Crippen LogP contribution in [0.3, 0.4) is 0 Å². The lowest BCUT2D eigenvalue weighted by molar-refractivity contribution is 0.440. The molecule has 1 unspecified atom stereocenters. The van der Waals surface area contributed by atoms with Gasteiger partial charge in [0.05, 0.1) is 0 Å². The molecule has 1 aromatic rings. The van der Waals surface area contributed by atoms with E-state index < -0.39 is 0 Å². The molecule has 0 bridgehead atoms. The van der Waals surface area contributed by atoms with Crippen molar-refractivity contribution in [3.63, 3.8) is 0 Å². The summed E-state index contributed by atoms with van der Waals surface area (Å²) in [7, 11) is 2.01. The molecule has 0 saturated heterocycles. The molecule has 0 aliphatic rings. The molecule has 0 aromatic heterocycles. The fraction of sp³-hybridized carbons (Fsp3) is 0.538. The molecule has 0 aliphatic heterocycles. The second-order valence-corrected chi connectivity index (χ2v) is 4.49. The van der Waals surface area contributed by atoms with E-state index in [4.69, 9.17) is 0 Å². The zero-order valence-corrected chi connectivity index (χ0v) is 9.83. The Kier molecular flexibility index (Phi) is 4.63. The van der Waals surface area contributed by atoms with Crippen LogP contribution in [0.25, 0.3) is 0 Å². The van der Waals surface area contributed by atoms with E-state index in [0.29, 0.717) is 17.7 Å². The Morgan fingerprint density at radius 3 is 2.27 bits per heavy atom. The van der Waals surface area contributed by atoms with Crippen molar-refractivity contribution < 1.29 is 5.11 Å². The summed E-state index contributed by atoms with van der Waals surface area (Å²) < 4.78 is 0. The van der Waals surface area contributed by atoms with Crippen LogP contribution in [0, 0.1) is 5.92 Å². The topological polar surface area (TPSA) is 32.3 Å². The molecule has 0 aliphatic carbocycles. The predicted octanol–water partition coefficient (Wildman–Crippen LogP) is 2.57. The lowest BCUT2D eigenvalue weighted by atomic mass is 9.97. The smallest absolute Gasteiger partial charge is 0.115 e. The van der Waals surface area contributed by atoms with Crippen LogP contribution in [0.5, 0.6) is 5.75 Å². The van der Waals surface area contributed by atoms with E-state index in [1.54, 1.807) is 12.1 Å². The molecular weight excluding hydrogens is 186 g/mol. The molecule has 0 radical (unpaired) electrons. The Hall–Kier alpha value is -1.02. The van der Waals surface area contributed by atoms with E-state index in [2.05, 4.69) is 19.2 Å². The van der Waals surface area contributed by atoms with Crippen LogP contribution in [0.15, 0.2) is 24.3 Å². The minimum absolute atomic E-state index is 0.337. The Morgan fingerprint density at radius 1 is 1.20 bits per heavy atom. The maximum atomic E-state index is 9.18. The summed E-state index contributed by atoms with van der Waals surface area (Å²) in [5, 5.41) is 12.5. The molecule has 1 aromatic carbocycles. The number of nitrogens with one attached hydrogen (secondary N) is 1. The Morgan fingerprint density at radius 2 is 1.80 bits per heavy atom. The molecule has 0 fully saturated rings. The largest absolute Gasteiger partial charge is 0.508 e. The van der Waals surface area contributed by atoms with Gasteiger partial charge in [0.2, 0.25) is 0 Å². The van der Waals surface area contributed by atoms with Crippen LogP contribution in [-0.4, -0.2) is 18.2 Å². The van der Waals surface area contributed by atoms with Gasteiger partial charge < -0.3 is 10.4 Å². The van der Waals surface area contributed by atoms with Gasteiger partial charge in [-0.1, -0.05) is 26.0 Å². The van der Waals surface area contributed by atoms with Crippen molar-refractivity contribution in [1.29, 1.82) is 0 Å². The molecule has 0 saturated carbocycles. The van der Waals surface area contributed by atoms with Crippen molar-refractivity contribution in [2.75, 3.05) is 7.05 Å². The number of hydrogen-bond donors (Lipinski definition) is 2. The van der Waals surface area contributed by atoms with Gasteiger partial charge in [-0.15, -0.1) is 0 Å². The van der Waals surface area contributed by atoms with Crippen LogP contribution < -0.4 is 5.32 Å². The first-order valence-electron chi connectivity index (χ1n) is 5.57. The zero-order chi connectivity index (χ0) is 11.3. The third kappa shape index (κ3) is 4.34. The van der Waals surface area contributed by atoms with Gasteiger partial charge >= 0.3 is 0 Å². The third-order valence-electron chi connectivity index (χ3n) is 2.58. The second kappa shape index (κ2) is 5.76. The van der Waals surface area contributed by atoms with Gasteiger partial charge in [-0.3, -0.25) is 0 Å². The van der Waals surface area contributed by atoms with Gasteiger partial charge in [0.25, 0.3) is 0 Å². The summed E-state index contributed by atoms with van der Waals surface area (Å²) >= 11 is 0. The molecule has 0 amide bonds. The normalized spacial score (nSPS) is 13.1. The number of phenolic OH excluding ortho intramolecular Hbond substituents is 1. The lowest BCUT2D eigenvalue weighted by Crippen LogP contribution is -2.29. The zero-order valence-electron chi connectivity index (χ0n) is 9.83. The van der Waals surface area contributed by atoms with Crippen molar-refractivity contribution in [2.24, 2.45) is 5.92 Å². The quantitative estimate of drug-likeness (QED) is 0.777. The molecule has 15 heavy (non-hydrogen) atoms. The number of phenols is 1. The van der Waals surface area contributed by atoms with Gasteiger partial charge in [-0.25, -0.2) is 0 Å². The van der Waals surface area contributed by atoms with Crippen LogP contribution in [0.2, 0.25) is 0 Å². The van der Waals surface area contributed by atoms with Gasteiger partial charge in [0, 0.05) is 6.04 Å². The average molecular weight is 207 g/mol. The van der Waals surface area contributed by atoms with Crippen LogP contribution in [-0.2, 0) is 6.42 Å². The standard InChI is InChI=1S/C13H21NO/c1-10(2)8-12(14-3)9-11-4-6-13(15)7-5-11/h4-7,10,12,14-15H,8-9H2,1-3H3. The first-order valence-corrected chi connectivity index (χ1v) is 5.57. The van der Waals surface area contributed by atoms with E-state index in [-0.39, 0.29) is 0 Å². The summed E-state index contributed by atoms with van der Waals surface area (Å²) in [4.78, 5) is 0. The van der Waals surface area contributed by atoms with Crippen molar-refractivity contribution in [3.05, 3.63) is 29.8 Å². The van der Waals surface area contributed by atoms with E-state index >= 15 is 0 Å². The number of likely N-dealkylation sites (N-methyl/N-ethyl adjacent to an activating group) is 1. The minimum Gasteiger partial charge on any atom is -0.508 e. The van der Waals surface area contributed by atoms with Gasteiger partial charge in [-0.05, 0) is 43.5 Å². The van der Waals surface area contributed by atoms with Crippen LogP contribution >= 0.6 is 0 Å². The molecule has 2 heteroatoms. The molecule has 2 N–H and O–H groups in total. The van der Waals surface area contributed by atoms with E-state index in [0.717, 1.165) is 6.42 Å². The number of aromatic hydroxyl groups is 1. The Labute approximate surface area is 92.3 Å². The molecule has 1 atom stereocenters. The van der Waals surface area contributed by atoms with Crippen molar-refractivity contribution >= 4 is 0 Å². The SMILES string of the molecule is CNC(Cc1ccc(O)cc1)CC(C)C. The van der Waals surface area contributed by atoms with Gasteiger partial charge in [0.15, 0.2) is 0 Å². The molecule has 84 valence electrons. The number of rotatable bonds is 5. The lowest BCUT2D eigenvalue weighted by Gasteiger charge is -2.18. The van der Waals surface area contributed by atoms with Crippen molar-refractivity contribution in [3.8, 4) is 5.75 Å². The molecule has 0 heterocycles. The molecule has 0 spiro atoms. The fourth-order valence-corrected chi connectivity index (χ4v) is 1.79. The Bertz CT molecular complexity index is 279. The van der Waals surface area contributed by atoms with Gasteiger partial charge in [-0.2, -0.15) is 0 Å². The monoisotopic (exact) mass is 207 g/mol.